The lowest BCUT2D eigenvalue weighted by atomic mass is 10.2. The van der Waals surface area contributed by atoms with Gasteiger partial charge in [0.25, 0.3) is 20.0 Å². The summed E-state index contributed by atoms with van der Waals surface area (Å²) in [5.74, 6) is -0.709. The summed E-state index contributed by atoms with van der Waals surface area (Å²) in [5.41, 5.74) is 1.27. The number of carbonyl (C=O) groups excluding carboxylic acids is 1. The maximum atomic E-state index is 13.6. The third-order valence-electron chi connectivity index (χ3n) is 5.64. The number of hydrogen-bond donors (Lipinski definition) is 2. The van der Waals surface area contributed by atoms with Crippen LogP contribution in [0.1, 0.15) is 5.56 Å². The molecule has 0 aliphatic carbocycles. The van der Waals surface area contributed by atoms with Crippen molar-refractivity contribution in [1.29, 1.82) is 0 Å². The van der Waals surface area contributed by atoms with E-state index in [-0.39, 0.29) is 46.9 Å². The first-order valence-electron chi connectivity index (χ1n) is 11.7. The van der Waals surface area contributed by atoms with Crippen LogP contribution in [-0.2, 0) is 24.8 Å². The third kappa shape index (κ3) is 7.65. The molecule has 2 N–H and O–H groups in total. The molecule has 0 heterocycles. The molecule has 4 aromatic carbocycles. The van der Waals surface area contributed by atoms with Gasteiger partial charge in [-0.1, -0.05) is 64.1 Å². The zero-order valence-corrected chi connectivity index (χ0v) is 25.8. The predicted octanol–water partition coefficient (Wildman–Crippen LogP) is 7.24. The summed E-state index contributed by atoms with van der Waals surface area (Å²) < 4.78 is 56.0. The number of carbonyl (C=O) groups is 1. The number of benzene rings is 4. The Hall–Kier alpha value is -2.99. The summed E-state index contributed by atoms with van der Waals surface area (Å²) in [7, 11) is -8.24. The average molecular weight is 673 g/mol. The number of nitrogens with one attached hydrogen (secondary N) is 2. The van der Waals surface area contributed by atoms with Crippen LogP contribution in [-0.4, -0.2) is 29.3 Å². The smallest absolute Gasteiger partial charge is 0.264 e. The van der Waals surface area contributed by atoms with Gasteiger partial charge in [-0.05, 0) is 79.7 Å². The molecule has 41 heavy (non-hydrogen) atoms. The van der Waals surface area contributed by atoms with Gasteiger partial charge in [0.05, 0.1) is 26.2 Å². The Kier molecular flexibility index (Phi) is 9.42. The van der Waals surface area contributed by atoms with Gasteiger partial charge < -0.3 is 5.32 Å². The molecule has 4 aromatic rings. The fourth-order valence-corrected chi connectivity index (χ4v) is 7.12. The highest BCUT2D eigenvalue weighted by atomic mass is 35.5. The molecule has 0 saturated heterocycles. The molecule has 0 saturated carbocycles. The molecule has 0 atom stereocenters. The fraction of sp³-hybridized carbons (Fsp3) is 0.0741. The van der Waals surface area contributed by atoms with Crippen LogP contribution < -0.4 is 14.3 Å². The van der Waals surface area contributed by atoms with Crippen molar-refractivity contribution in [3.63, 3.8) is 0 Å². The second-order valence-corrected chi connectivity index (χ2v) is 14.0. The van der Waals surface area contributed by atoms with E-state index < -0.39 is 32.5 Å². The van der Waals surface area contributed by atoms with Crippen LogP contribution in [0.4, 0.5) is 17.1 Å². The van der Waals surface area contributed by atoms with Crippen molar-refractivity contribution >= 4 is 89.4 Å². The molecule has 8 nitrogen and oxygen atoms in total. The van der Waals surface area contributed by atoms with Crippen molar-refractivity contribution in [2.75, 3.05) is 20.9 Å². The first kappa shape index (κ1) is 31.0. The highest BCUT2D eigenvalue weighted by molar-refractivity contribution is 7.93. The Morgan fingerprint density at radius 2 is 1.29 bits per heavy atom. The van der Waals surface area contributed by atoms with Crippen LogP contribution in [0.2, 0.25) is 20.1 Å². The SMILES string of the molecule is Cc1ccc(S(=O)(=O)N(CC(=O)Nc2ccc(S(=O)(=O)Nc3cc(Cl)cc(Cl)c3)cc2)c2cc(Cl)ccc2Cl)cc1. The Morgan fingerprint density at radius 1 is 0.707 bits per heavy atom. The van der Waals surface area contributed by atoms with Crippen molar-refractivity contribution in [2.45, 2.75) is 16.7 Å². The fourth-order valence-electron chi connectivity index (χ4n) is 3.69. The van der Waals surface area contributed by atoms with Crippen LogP contribution in [0.5, 0.6) is 0 Å². The van der Waals surface area contributed by atoms with Crippen molar-refractivity contribution in [3.05, 3.63) is 111 Å². The second kappa shape index (κ2) is 12.5. The molecule has 0 aromatic heterocycles. The van der Waals surface area contributed by atoms with Gasteiger partial charge in [0.1, 0.15) is 6.54 Å². The van der Waals surface area contributed by atoms with Gasteiger partial charge >= 0.3 is 0 Å². The van der Waals surface area contributed by atoms with Gasteiger partial charge in [-0.25, -0.2) is 16.8 Å². The maximum Gasteiger partial charge on any atom is 0.264 e. The largest absolute Gasteiger partial charge is 0.325 e. The summed E-state index contributed by atoms with van der Waals surface area (Å²) in [6.45, 7) is 1.17. The molecule has 14 heteroatoms. The maximum absolute atomic E-state index is 13.6. The van der Waals surface area contributed by atoms with Gasteiger partial charge in [-0.2, -0.15) is 0 Å². The monoisotopic (exact) mass is 671 g/mol. The summed E-state index contributed by atoms with van der Waals surface area (Å²) in [6, 6.07) is 20.0. The van der Waals surface area contributed by atoms with Gasteiger partial charge in [0.15, 0.2) is 0 Å². The summed E-state index contributed by atoms with van der Waals surface area (Å²) in [4.78, 5) is 12.9. The first-order chi connectivity index (χ1) is 19.2. The Balaban J connectivity index is 1.56. The van der Waals surface area contributed by atoms with Crippen LogP contribution in [0.15, 0.2) is 94.7 Å². The predicted molar refractivity (Wildman–Crippen MR) is 165 cm³/mol. The average Bonchev–Trinajstić information content (AvgIpc) is 2.88. The van der Waals surface area contributed by atoms with E-state index in [9.17, 15) is 21.6 Å². The van der Waals surface area contributed by atoms with E-state index in [0.29, 0.717) is 0 Å². The minimum Gasteiger partial charge on any atom is -0.325 e. The molecule has 0 unspecified atom stereocenters. The van der Waals surface area contributed by atoms with E-state index in [2.05, 4.69) is 10.0 Å². The zero-order valence-electron chi connectivity index (χ0n) is 21.1. The topological polar surface area (TPSA) is 113 Å². The first-order valence-corrected chi connectivity index (χ1v) is 16.1. The number of hydrogen-bond acceptors (Lipinski definition) is 5. The molecule has 0 bridgehead atoms. The van der Waals surface area contributed by atoms with E-state index in [1.165, 1.54) is 72.8 Å². The van der Waals surface area contributed by atoms with Crippen molar-refractivity contribution < 1.29 is 21.6 Å². The molecule has 0 aliphatic heterocycles. The Bertz CT molecular complexity index is 1800. The van der Waals surface area contributed by atoms with Crippen LogP contribution in [0.25, 0.3) is 0 Å². The molecule has 1 amide bonds. The van der Waals surface area contributed by atoms with E-state index in [4.69, 9.17) is 46.4 Å². The Labute approximate surface area is 257 Å². The third-order valence-corrected chi connectivity index (χ3v) is 9.80. The number of sulfonamides is 2. The number of nitrogens with zero attached hydrogens (tertiary/aromatic N) is 1. The summed E-state index contributed by atoms with van der Waals surface area (Å²) >= 11 is 24.3. The number of halogens is 4. The highest BCUT2D eigenvalue weighted by Crippen LogP contribution is 2.33. The second-order valence-electron chi connectivity index (χ2n) is 8.76. The number of amides is 1. The van der Waals surface area contributed by atoms with E-state index in [1.807, 2.05) is 6.92 Å². The van der Waals surface area contributed by atoms with E-state index >= 15 is 0 Å². The van der Waals surface area contributed by atoms with E-state index in [1.54, 1.807) is 12.1 Å². The number of anilines is 3. The highest BCUT2D eigenvalue weighted by Gasteiger charge is 2.29. The number of aryl methyl sites for hydroxylation is 1. The van der Waals surface area contributed by atoms with Gasteiger partial charge in [0.2, 0.25) is 5.91 Å². The molecule has 214 valence electrons. The summed E-state index contributed by atoms with van der Waals surface area (Å²) in [6.07, 6.45) is 0. The van der Waals surface area contributed by atoms with Gasteiger partial charge in [0, 0.05) is 20.8 Å². The minimum absolute atomic E-state index is 0.0172. The lowest BCUT2D eigenvalue weighted by Crippen LogP contribution is -2.38. The molecular formula is C27H21Cl4N3O5S2. The molecule has 0 spiro atoms. The minimum atomic E-state index is -4.24. The molecule has 0 fully saturated rings. The standard InChI is InChI=1S/C27H21Cl4N3O5S2/c1-17-2-7-24(8-3-17)41(38,39)34(26-15-18(28)4-11-25(26)31)16-27(35)32-21-5-9-23(10-6-21)40(36,37)33-22-13-19(29)12-20(30)14-22/h2-15,33H,16H2,1H3,(H,32,35). The van der Waals surface area contributed by atoms with Crippen molar-refractivity contribution in [2.24, 2.45) is 0 Å². The quantitative estimate of drug-likeness (QED) is 0.195. The Morgan fingerprint density at radius 3 is 1.90 bits per heavy atom. The van der Waals surface area contributed by atoms with E-state index in [0.717, 1.165) is 9.87 Å². The van der Waals surface area contributed by atoms with Crippen LogP contribution in [0.3, 0.4) is 0 Å². The van der Waals surface area contributed by atoms with Gasteiger partial charge in [-0.15, -0.1) is 0 Å². The zero-order chi connectivity index (χ0) is 29.9. The lowest BCUT2D eigenvalue weighted by molar-refractivity contribution is -0.114. The number of rotatable bonds is 9. The molecule has 4 rings (SSSR count). The molecule has 0 radical (unpaired) electrons. The molecular weight excluding hydrogens is 652 g/mol. The van der Waals surface area contributed by atoms with Crippen molar-refractivity contribution in [1.82, 2.24) is 0 Å². The van der Waals surface area contributed by atoms with Crippen LogP contribution >= 0.6 is 46.4 Å². The van der Waals surface area contributed by atoms with Crippen LogP contribution in [0, 0.1) is 6.92 Å². The normalized spacial score (nSPS) is 11.6. The molecule has 0 aliphatic rings. The lowest BCUT2D eigenvalue weighted by Gasteiger charge is -2.25. The van der Waals surface area contributed by atoms with Crippen molar-refractivity contribution in [3.8, 4) is 0 Å². The van der Waals surface area contributed by atoms with Gasteiger partial charge in [-0.3, -0.25) is 13.8 Å². The summed E-state index contributed by atoms with van der Waals surface area (Å²) in [5, 5.41) is 3.38.